The normalized spacial score (nSPS) is 11.4. The summed E-state index contributed by atoms with van der Waals surface area (Å²) in [5.74, 6) is 0. The number of benzene rings is 1. The third-order valence-electron chi connectivity index (χ3n) is 2.52. The van der Waals surface area contributed by atoms with Crippen molar-refractivity contribution in [3.63, 3.8) is 0 Å². The SMILES string of the molecule is C[n+]1ccccc1SC(c1ccccc1)[N+](=O)[O-].[Cl-]. The van der Waals surface area contributed by atoms with Crippen LogP contribution in [0.15, 0.2) is 59.8 Å². The summed E-state index contributed by atoms with van der Waals surface area (Å²) in [5, 5.41) is 11.3. The number of rotatable bonds is 4. The summed E-state index contributed by atoms with van der Waals surface area (Å²) in [4.78, 5) is 10.9. The van der Waals surface area contributed by atoms with Gasteiger partial charge in [-0.25, -0.2) is 0 Å². The summed E-state index contributed by atoms with van der Waals surface area (Å²) in [6.45, 7) is 0. The molecule has 0 radical (unpaired) electrons. The molecule has 0 aliphatic heterocycles. The van der Waals surface area contributed by atoms with Gasteiger partial charge >= 0.3 is 0 Å². The average Bonchev–Trinajstić information content (AvgIpc) is 2.38. The molecular weight excluding hydrogens is 284 g/mol. The lowest BCUT2D eigenvalue weighted by molar-refractivity contribution is -0.709. The van der Waals surface area contributed by atoms with E-state index in [0.717, 1.165) is 5.03 Å². The molecule has 1 aromatic carbocycles. The third-order valence-corrected chi connectivity index (χ3v) is 3.85. The van der Waals surface area contributed by atoms with Crippen LogP contribution in [0.2, 0.25) is 0 Å². The molecular formula is C13H13ClN2O2S. The van der Waals surface area contributed by atoms with E-state index in [9.17, 15) is 10.1 Å². The van der Waals surface area contributed by atoms with E-state index in [1.807, 2.05) is 54.2 Å². The Morgan fingerprint density at radius 2 is 1.79 bits per heavy atom. The number of aryl methyl sites for hydroxylation is 1. The Bertz CT molecular complexity index is 551. The van der Waals surface area contributed by atoms with Gasteiger partial charge in [0.25, 0.3) is 5.37 Å². The molecule has 1 atom stereocenters. The maximum absolute atomic E-state index is 11.2. The fraction of sp³-hybridized carbons (Fsp3) is 0.154. The van der Waals surface area contributed by atoms with Gasteiger partial charge in [0.15, 0.2) is 6.20 Å². The molecule has 0 amide bonds. The molecule has 0 saturated heterocycles. The fourth-order valence-corrected chi connectivity index (χ4v) is 2.59. The molecule has 0 saturated carbocycles. The van der Waals surface area contributed by atoms with Crippen molar-refractivity contribution in [3.05, 3.63) is 70.4 Å². The zero-order valence-electron chi connectivity index (χ0n) is 10.3. The van der Waals surface area contributed by atoms with Crippen LogP contribution in [-0.4, -0.2) is 4.92 Å². The van der Waals surface area contributed by atoms with Gasteiger partial charge in [0.05, 0.1) is 0 Å². The second kappa shape index (κ2) is 7.11. The molecule has 1 heterocycles. The van der Waals surface area contributed by atoms with Gasteiger partial charge in [-0.15, -0.1) is 0 Å². The first-order valence-electron chi connectivity index (χ1n) is 5.48. The van der Waals surface area contributed by atoms with E-state index in [0.29, 0.717) is 5.56 Å². The standard InChI is InChI=1S/C13H13N2O2S.ClH/c1-14-10-6-5-9-12(14)18-13(15(16)17)11-7-3-2-4-8-11;/h2-10,13H,1H3;1H/q+1;/p-1. The lowest BCUT2D eigenvalue weighted by atomic mass is 10.2. The maximum atomic E-state index is 11.2. The van der Waals surface area contributed by atoms with E-state index in [1.54, 1.807) is 12.1 Å². The number of thioether (sulfide) groups is 1. The quantitative estimate of drug-likeness (QED) is 0.253. The highest BCUT2D eigenvalue weighted by molar-refractivity contribution is 7.99. The van der Waals surface area contributed by atoms with Crippen molar-refractivity contribution >= 4 is 11.8 Å². The molecule has 2 rings (SSSR count). The third kappa shape index (κ3) is 3.94. The molecule has 2 aromatic rings. The van der Waals surface area contributed by atoms with Crippen molar-refractivity contribution in [2.45, 2.75) is 10.4 Å². The van der Waals surface area contributed by atoms with Gasteiger partial charge in [0.2, 0.25) is 5.03 Å². The molecule has 100 valence electrons. The molecule has 6 heteroatoms. The molecule has 0 spiro atoms. The maximum Gasteiger partial charge on any atom is 0.293 e. The van der Waals surface area contributed by atoms with E-state index in [1.165, 1.54) is 11.8 Å². The van der Waals surface area contributed by atoms with Gasteiger partial charge in [-0.3, -0.25) is 10.1 Å². The number of nitro groups is 1. The van der Waals surface area contributed by atoms with Crippen molar-refractivity contribution in [2.24, 2.45) is 7.05 Å². The van der Waals surface area contributed by atoms with Gasteiger partial charge in [0, 0.05) is 34.4 Å². The Hall–Kier alpha value is -1.59. The number of aromatic nitrogens is 1. The predicted molar refractivity (Wildman–Crippen MR) is 69.7 cm³/mol. The second-order valence-electron chi connectivity index (χ2n) is 3.82. The van der Waals surface area contributed by atoms with Crippen molar-refractivity contribution < 1.29 is 21.9 Å². The number of pyridine rings is 1. The zero-order chi connectivity index (χ0) is 13.0. The highest BCUT2D eigenvalue weighted by Crippen LogP contribution is 2.33. The van der Waals surface area contributed by atoms with Crippen LogP contribution in [-0.2, 0) is 7.05 Å². The summed E-state index contributed by atoms with van der Waals surface area (Å²) in [6, 6.07) is 14.7. The van der Waals surface area contributed by atoms with Gasteiger partial charge < -0.3 is 12.4 Å². The van der Waals surface area contributed by atoms with Gasteiger partial charge in [-0.1, -0.05) is 30.3 Å². The minimum atomic E-state index is -0.778. The Morgan fingerprint density at radius 3 is 2.37 bits per heavy atom. The van der Waals surface area contributed by atoms with Gasteiger partial charge in [-0.2, -0.15) is 4.57 Å². The van der Waals surface area contributed by atoms with Crippen LogP contribution in [0.4, 0.5) is 0 Å². The first kappa shape index (κ1) is 15.5. The van der Waals surface area contributed by atoms with Crippen molar-refractivity contribution in [1.82, 2.24) is 0 Å². The van der Waals surface area contributed by atoms with Gasteiger partial charge in [-0.05, 0) is 6.07 Å². The first-order valence-corrected chi connectivity index (χ1v) is 6.36. The second-order valence-corrected chi connectivity index (χ2v) is 4.92. The summed E-state index contributed by atoms with van der Waals surface area (Å²) in [6.07, 6.45) is 1.88. The fourth-order valence-electron chi connectivity index (χ4n) is 1.59. The van der Waals surface area contributed by atoms with Crippen LogP contribution >= 0.6 is 11.8 Å². The monoisotopic (exact) mass is 296 g/mol. The number of hydrogen-bond donors (Lipinski definition) is 0. The molecule has 1 unspecified atom stereocenters. The number of halogens is 1. The number of nitrogens with zero attached hydrogens (tertiary/aromatic N) is 2. The van der Waals surface area contributed by atoms with Crippen LogP contribution in [0.1, 0.15) is 10.9 Å². The van der Waals surface area contributed by atoms with Crippen molar-refractivity contribution in [2.75, 3.05) is 0 Å². The first-order chi connectivity index (χ1) is 8.68. The van der Waals surface area contributed by atoms with Crippen LogP contribution in [0.25, 0.3) is 0 Å². The minimum absolute atomic E-state index is 0. The zero-order valence-corrected chi connectivity index (χ0v) is 11.8. The van der Waals surface area contributed by atoms with Crippen molar-refractivity contribution in [1.29, 1.82) is 0 Å². The Balaban J connectivity index is 0.00000180. The van der Waals surface area contributed by atoms with E-state index in [2.05, 4.69) is 0 Å². The molecule has 0 aliphatic rings. The van der Waals surface area contributed by atoms with Crippen LogP contribution in [0.3, 0.4) is 0 Å². The summed E-state index contributed by atoms with van der Waals surface area (Å²) in [7, 11) is 1.88. The summed E-state index contributed by atoms with van der Waals surface area (Å²) in [5.41, 5.74) is 0.705. The highest BCUT2D eigenvalue weighted by atomic mass is 35.5. The Labute approximate surface area is 122 Å². The average molecular weight is 297 g/mol. The minimum Gasteiger partial charge on any atom is -1.00 e. The van der Waals surface area contributed by atoms with E-state index >= 15 is 0 Å². The highest BCUT2D eigenvalue weighted by Gasteiger charge is 2.27. The molecule has 0 bridgehead atoms. The molecule has 0 aliphatic carbocycles. The van der Waals surface area contributed by atoms with Crippen molar-refractivity contribution in [3.8, 4) is 0 Å². The number of hydrogen-bond acceptors (Lipinski definition) is 3. The molecule has 1 aromatic heterocycles. The predicted octanol–water partition coefficient (Wildman–Crippen LogP) is -0.417. The van der Waals surface area contributed by atoms with E-state index < -0.39 is 5.37 Å². The largest absolute Gasteiger partial charge is 1.00 e. The van der Waals surface area contributed by atoms with Crippen LogP contribution in [0, 0.1) is 10.1 Å². The molecule has 0 fully saturated rings. The molecule has 0 N–H and O–H groups in total. The smallest absolute Gasteiger partial charge is 0.293 e. The molecule has 19 heavy (non-hydrogen) atoms. The van der Waals surface area contributed by atoms with Crippen LogP contribution in [0.5, 0.6) is 0 Å². The summed E-state index contributed by atoms with van der Waals surface area (Å²) >= 11 is 1.24. The Morgan fingerprint density at radius 1 is 1.16 bits per heavy atom. The summed E-state index contributed by atoms with van der Waals surface area (Å²) < 4.78 is 1.88. The van der Waals surface area contributed by atoms with E-state index in [4.69, 9.17) is 0 Å². The lowest BCUT2D eigenvalue weighted by Gasteiger charge is -2.07. The Kier molecular flexibility index (Phi) is 5.79. The molecule has 4 nitrogen and oxygen atoms in total. The van der Waals surface area contributed by atoms with Crippen LogP contribution < -0.4 is 17.0 Å². The lowest BCUT2D eigenvalue weighted by Crippen LogP contribution is -3.00. The van der Waals surface area contributed by atoms with E-state index in [-0.39, 0.29) is 17.3 Å². The van der Waals surface area contributed by atoms with Gasteiger partial charge in [0.1, 0.15) is 7.05 Å². The topological polar surface area (TPSA) is 47.0 Å².